The quantitative estimate of drug-likeness (QED) is 0.444. The summed E-state index contributed by atoms with van der Waals surface area (Å²) < 4.78 is 1.13. The molecule has 2 fully saturated rings. The maximum atomic E-state index is 13.0. The number of rotatable bonds is 1. The predicted octanol–water partition coefficient (Wildman–Crippen LogP) is -1.09. The Morgan fingerprint density at radius 1 is 1.32 bits per heavy atom. The van der Waals surface area contributed by atoms with Crippen molar-refractivity contribution in [3.63, 3.8) is 0 Å². The van der Waals surface area contributed by atoms with Crippen LogP contribution in [0.1, 0.15) is 16.8 Å². The maximum absolute atomic E-state index is 13.0. The normalized spacial score (nSPS) is 26.8. The van der Waals surface area contributed by atoms with E-state index in [4.69, 9.17) is 0 Å². The second kappa shape index (κ2) is 5.77. The number of piperazine rings is 1. The van der Waals surface area contributed by atoms with Crippen LogP contribution in [0.4, 0.5) is 0 Å². The van der Waals surface area contributed by atoms with Crippen molar-refractivity contribution in [3.05, 3.63) is 42.2 Å². The third kappa shape index (κ3) is 2.50. The number of carbonyl (C=O) groups excluding carboxylic acids is 1. The van der Waals surface area contributed by atoms with Crippen LogP contribution in [0.3, 0.4) is 0 Å². The Hall–Kier alpha value is -1.21. The molecule has 4 nitrogen and oxygen atoms in total. The first-order valence-electron chi connectivity index (χ1n) is 7.64. The molecule has 2 saturated heterocycles. The van der Waals surface area contributed by atoms with Crippen LogP contribution in [0.25, 0.3) is 10.8 Å². The third-order valence-electron chi connectivity index (χ3n) is 5.15. The lowest BCUT2D eigenvalue weighted by atomic mass is 10.0. The highest BCUT2D eigenvalue weighted by Crippen LogP contribution is 2.29. The lowest BCUT2D eigenvalue weighted by molar-refractivity contribution is -0.901. The molecular formula is C17H20IN3O. The van der Waals surface area contributed by atoms with Crippen LogP contribution in [0.15, 0.2) is 36.7 Å². The maximum Gasteiger partial charge on any atom is 0.255 e. The topological polar surface area (TPSA) is 33.2 Å². The number of benzene rings is 1. The predicted molar refractivity (Wildman–Crippen MR) is 82.0 cm³/mol. The van der Waals surface area contributed by atoms with Gasteiger partial charge in [0.1, 0.15) is 0 Å². The fraction of sp³-hybridized carbons (Fsp3) is 0.412. The van der Waals surface area contributed by atoms with E-state index in [9.17, 15) is 4.79 Å². The van der Waals surface area contributed by atoms with Gasteiger partial charge in [-0.15, -0.1) is 0 Å². The fourth-order valence-corrected chi connectivity index (χ4v) is 3.87. The Morgan fingerprint density at radius 2 is 2.18 bits per heavy atom. The molecule has 0 aliphatic carbocycles. The minimum absolute atomic E-state index is 0. The molecule has 1 aromatic carbocycles. The van der Waals surface area contributed by atoms with Gasteiger partial charge in [-0.3, -0.25) is 9.78 Å². The molecule has 5 heteroatoms. The molecule has 0 saturated carbocycles. The Bertz CT molecular complexity index is 715. The van der Waals surface area contributed by atoms with Crippen molar-refractivity contribution < 1.29 is 33.3 Å². The van der Waals surface area contributed by atoms with Gasteiger partial charge in [-0.05, 0) is 17.5 Å². The zero-order valence-electron chi connectivity index (χ0n) is 12.7. The summed E-state index contributed by atoms with van der Waals surface area (Å²) in [6.07, 6.45) is 4.72. The largest absolute Gasteiger partial charge is 1.00 e. The zero-order valence-corrected chi connectivity index (χ0v) is 14.9. The average molecular weight is 409 g/mol. The van der Waals surface area contributed by atoms with Crippen LogP contribution in [-0.2, 0) is 0 Å². The Kier molecular flexibility index (Phi) is 4.11. The number of aromatic nitrogens is 1. The molecule has 0 spiro atoms. The van der Waals surface area contributed by atoms with E-state index in [0.717, 1.165) is 46.9 Å². The Balaban J connectivity index is 0.00000144. The highest BCUT2D eigenvalue weighted by atomic mass is 127. The number of hydrogen-bond acceptors (Lipinski definition) is 2. The van der Waals surface area contributed by atoms with Gasteiger partial charge in [-0.2, -0.15) is 0 Å². The molecule has 2 aliphatic rings. The van der Waals surface area contributed by atoms with Gasteiger partial charge in [-0.25, -0.2) is 0 Å². The second-order valence-corrected chi connectivity index (χ2v) is 6.59. The standard InChI is InChI=1S/C17H20N3O.HI/c1-20-9-6-14(12-20)19(8-10-20)17(21)16-4-2-3-13-11-18-7-5-15(13)16;/h2-5,7,11,14H,6,8-10,12H2,1H3;1H/q+1;/p-1. The van der Waals surface area contributed by atoms with E-state index in [1.807, 2.05) is 30.5 Å². The Labute approximate surface area is 147 Å². The van der Waals surface area contributed by atoms with E-state index in [2.05, 4.69) is 16.9 Å². The second-order valence-electron chi connectivity index (χ2n) is 6.59. The number of fused-ring (bicyclic) bond motifs is 3. The summed E-state index contributed by atoms with van der Waals surface area (Å²) in [5.74, 6) is 0.185. The van der Waals surface area contributed by atoms with Crippen LogP contribution in [0, 0.1) is 0 Å². The summed E-state index contributed by atoms with van der Waals surface area (Å²) in [7, 11) is 2.31. The summed E-state index contributed by atoms with van der Waals surface area (Å²) in [6, 6.07) is 8.27. The molecule has 1 amide bonds. The van der Waals surface area contributed by atoms with Crippen LogP contribution in [-0.4, -0.2) is 59.5 Å². The number of hydrogen-bond donors (Lipinski definition) is 0. The van der Waals surface area contributed by atoms with E-state index in [1.54, 1.807) is 6.20 Å². The number of halogens is 1. The smallest absolute Gasteiger partial charge is 0.255 e. The van der Waals surface area contributed by atoms with Crippen LogP contribution in [0.5, 0.6) is 0 Å². The molecule has 2 atom stereocenters. The van der Waals surface area contributed by atoms with E-state index in [1.165, 1.54) is 6.54 Å². The van der Waals surface area contributed by atoms with Gasteiger partial charge in [-0.1, -0.05) is 12.1 Å². The first-order chi connectivity index (χ1) is 10.2. The first-order valence-corrected chi connectivity index (χ1v) is 7.64. The van der Waals surface area contributed by atoms with Gasteiger partial charge in [0.05, 0.1) is 39.3 Å². The molecule has 1 aromatic heterocycles. The van der Waals surface area contributed by atoms with Crippen molar-refractivity contribution in [1.29, 1.82) is 0 Å². The number of likely N-dealkylation sites (N-methyl/N-ethyl adjacent to an activating group) is 1. The van der Waals surface area contributed by atoms with Crippen molar-refractivity contribution in [2.45, 2.75) is 12.5 Å². The number of amides is 1. The fourth-order valence-electron chi connectivity index (χ4n) is 3.87. The number of carbonyl (C=O) groups is 1. The van der Waals surface area contributed by atoms with Crippen molar-refractivity contribution in [2.75, 3.05) is 33.2 Å². The highest BCUT2D eigenvalue weighted by molar-refractivity contribution is 6.06. The van der Waals surface area contributed by atoms with Gasteiger partial charge < -0.3 is 33.4 Å². The molecule has 0 N–H and O–H groups in total. The number of nitrogens with zero attached hydrogens (tertiary/aromatic N) is 3. The molecule has 0 radical (unpaired) electrons. The molecule has 2 aliphatic heterocycles. The molecular weight excluding hydrogens is 389 g/mol. The molecule has 22 heavy (non-hydrogen) atoms. The minimum atomic E-state index is 0. The molecule has 116 valence electrons. The van der Waals surface area contributed by atoms with E-state index < -0.39 is 0 Å². The van der Waals surface area contributed by atoms with Gasteiger partial charge in [0.2, 0.25) is 0 Å². The first kappa shape index (κ1) is 15.7. The van der Waals surface area contributed by atoms with Gasteiger partial charge in [0.25, 0.3) is 5.91 Å². The molecule has 3 heterocycles. The van der Waals surface area contributed by atoms with Crippen molar-refractivity contribution in [1.82, 2.24) is 9.88 Å². The Morgan fingerprint density at radius 3 is 3.05 bits per heavy atom. The number of pyridine rings is 1. The molecule has 4 rings (SSSR count). The van der Waals surface area contributed by atoms with Gasteiger partial charge >= 0.3 is 0 Å². The lowest BCUT2D eigenvalue weighted by Gasteiger charge is -2.39. The summed E-state index contributed by atoms with van der Waals surface area (Å²) >= 11 is 0. The zero-order chi connectivity index (χ0) is 14.4. The van der Waals surface area contributed by atoms with Crippen LogP contribution < -0.4 is 24.0 Å². The van der Waals surface area contributed by atoms with Crippen molar-refractivity contribution >= 4 is 16.7 Å². The lowest BCUT2D eigenvalue weighted by Crippen LogP contribution is -3.00. The summed E-state index contributed by atoms with van der Waals surface area (Å²) in [4.78, 5) is 19.2. The highest BCUT2D eigenvalue weighted by Gasteiger charge is 2.44. The van der Waals surface area contributed by atoms with Crippen LogP contribution >= 0.6 is 0 Å². The van der Waals surface area contributed by atoms with Crippen molar-refractivity contribution in [3.8, 4) is 0 Å². The molecule has 2 bridgehead atoms. The van der Waals surface area contributed by atoms with E-state index >= 15 is 0 Å². The minimum Gasteiger partial charge on any atom is -1.00 e. The summed E-state index contributed by atoms with van der Waals surface area (Å²) in [5.41, 5.74) is 0.818. The SMILES string of the molecule is C[N+]12CCC(C1)N(C(=O)c1cccc3cnccc13)CC2.[I-]. The van der Waals surface area contributed by atoms with Gasteiger partial charge in [0, 0.05) is 29.8 Å². The van der Waals surface area contributed by atoms with Gasteiger partial charge in [0.15, 0.2) is 0 Å². The molecule has 2 unspecified atom stereocenters. The summed E-state index contributed by atoms with van der Waals surface area (Å²) in [6.45, 7) is 4.27. The van der Waals surface area contributed by atoms with Crippen LogP contribution in [0.2, 0.25) is 0 Å². The average Bonchev–Trinajstić information content (AvgIpc) is 2.82. The molecule has 2 aromatic rings. The van der Waals surface area contributed by atoms with E-state index in [-0.39, 0.29) is 29.9 Å². The summed E-state index contributed by atoms with van der Waals surface area (Å²) in [5, 5.41) is 2.05. The third-order valence-corrected chi connectivity index (χ3v) is 5.15. The monoisotopic (exact) mass is 409 g/mol. The van der Waals surface area contributed by atoms with E-state index in [0.29, 0.717) is 6.04 Å². The van der Waals surface area contributed by atoms with Crippen molar-refractivity contribution in [2.24, 2.45) is 0 Å². The number of quaternary nitrogens is 1.